The second-order valence-corrected chi connectivity index (χ2v) is 4.85. The van der Waals surface area contributed by atoms with Gasteiger partial charge in [-0.25, -0.2) is 0 Å². The van der Waals surface area contributed by atoms with Crippen LogP contribution in [0, 0.1) is 0 Å². The molecule has 1 aliphatic heterocycles. The van der Waals surface area contributed by atoms with Crippen molar-refractivity contribution >= 4 is 34.2 Å². The molecule has 0 bridgehead atoms. The SMILES string of the molecule is Cl.O=C(N[C@H]1CCCNC1)c1ccccc1Br. The molecule has 1 saturated heterocycles. The summed E-state index contributed by atoms with van der Waals surface area (Å²) < 4.78 is 0.844. The zero-order chi connectivity index (χ0) is 11.4. The van der Waals surface area contributed by atoms with Gasteiger partial charge in [0.2, 0.25) is 0 Å². The van der Waals surface area contributed by atoms with Gasteiger partial charge < -0.3 is 10.6 Å². The van der Waals surface area contributed by atoms with Crippen molar-refractivity contribution in [1.29, 1.82) is 0 Å². The van der Waals surface area contributed by atoms with E-state index in [1.54, 1.807) is 0 Å². The van der Waals surface area contributed by atoms with Crippen LogP contribution in [0.15, 0.2) is 28.7 Å². The Morgan fingerprint density at radius 3 is 2.82 bits per heavy atom. The van der Waals surface area contributed by atoms with E-state index in [9.17, 15) is 4.79 Å². The first kappa shape index (κ1) is 14.5. The minimum absolute atomic E-state index is 0. The van der Waals surface area contributed by atoms with Crippen LogP contribution in [0.5, 0.6) is 0 Å². The molecule has 2 rings (SSSR count). The summed E-state index contributed by atoms with van der Waals surface area (Å²) in [6.07, 6.45) is 2.18. The van der Waals surface area contributed by atoms with Gasteiger partial charge in [-0.1, -0.05) is 12.1 Å². The fourth-order valence-corrected chi connectivity index (χ4v) is 2.35. The molecular formula is C12H16BrClN2O. The minimum atomic E-state index is 0. The normalized spacial score (nSPS) is 19.2. The fourth-order valence-electron chi connectivity index (χ4n) is 1.88. The Bertz CT molecular complexity index is 381. The highest BCUT2D eigenvalue weighted by Crippen LogP contribution is 2.16. The van der Waals surface area contributed by atoms with E-state index in [2.05, 4.69) is 26.6 Å². The molecule has 1 aromatic rings. The molecule has 0 saturated carbocycles. The maximum atomic E-state index is 12.0. The smallest absolute Gasteiger partial charge is 0.252 e. The Morgan fingerprint density at radius 1 is 1.41 bits per heavy atom. The van der Waals surface area contributed by atoms with E-state index < -0.39 is 0 Å². The van der Waals surface area contributed by atoms with E-state index in [-0.39, 0.29) is 24.4 Å². The molecule has 5 heteroatoms. The summed E-state index contributed by atoms with van der Waals surface area (Å²) >= 11 is 3.39. The largest absolute Gasteiger partial charge is 0.348 e. The summed E-state index contributed by atoms with van der Waals surface area (Å²) in [7, 11) is 0. The van der Waals surface area contributed by atoms with Crippen molar-refractivity contribution in [2.75, 3.05) is 13.1 Å². The van der Waals surface area contributed by atoms with E-state index in [1.165, 1.54) is 0 Å². The van der Waals surface area contributed by atoms with Crippen LogP contribution in [0.1, 0.15) is 23.2 Å². The lowest BCUT2D eigenvalue weighted by Gasteiger charge is -2.23. The number of carbonyl (C=O) groups excluding carboxylic acids is 1. The van der Waals surface area contributed by atoms with Crippen molar-refractivity contribution in [2.45, 2.75) is 18.9 Å². The standard InChI is InChI=1S/C12H15BrN2O.ClH/c13-11-6-2-1-5-10(11)12(16)15-9-4-3-7-14-8-9;/h1-2,5-6,9,14H,3-4,7-8H2,(H,15,16);1H/t9-;/m0./s1. The quantitative estimate of drug-likeness (QED) is 0.878. The molecule has 1 aliphatic rings. The lowest BCUT2D eigenvalue weighted by molar-refractivity contribution is 0.0930. The van der Waals surface area contributed by atoms with E-state index >= 15 is 0 Å². The van der Waals surface area contributed by atoms with Crippen molar-refractivity contribution in [3.63, 3.8) is 0 Å². The molecule has 17 heavy (non-hydrogen) atoms. The number of halogens is 2. The van der Waals surface area contributed by atoms with Crippen LogP contribution in [0.3, 0.4) is 0 Å². The van der Waals surface area contributed by atoms with Crippen molar-refractivity contribution in [2.24, 2.45) is 0 Å². The van der Waals surface area contributed by atoms with Gasteiger partial charge in [0.25, 0.3) is 5.91 Å². The zero-order valence-corrected chi connectivity index (χ0v) is 11.8. The molecule has 0 aliphatic carbocycles. The lowest BCUT2D eigenvalue weighted by atomic mass is 10.1. The van der Waals surface area contributed by atoms with E-state index in [0.717, 1.165) is 30.4 Å². The molecule has 3 nitrogen and oxygen atoms in total. The average molecular weight is 320 g/mol. The third-order valence-electron chi connectivity index (χ3n) is 2.75. The lowest BCUT2D eigenvalue weighted by Crippen LogP contribution is -2.45. The van der Waals surface area contributed by atoms with E-state index in [0.29, 0.717) is 5.56 Å². The zero-order valence-electron chi connectivity index (χ0n) is 9.41. The second-order valence-electron chi connectivity index (χ2n) is 4.00. The average Bonchev–Trinajstić information content (AvgIpc) is 2.31. The first-order valence-corrected chi connectivity index (χ1v) is 6.33. The first-order chi connectivity index (χ1) is 7.77. The maximum absolute atomic E-state index is 12.0. The summed E-state index contributed by atoms with van der Waals surface area (Å²) in [5.41, 5.74) is 0.702. The molecule has 0 spiro atoms. The monoisotopic (exact) mass is 318 g/mol. The Labute approximate surface area is 116 Å². The topological polar surface area (TPSA) is 41.1 Å². The predicted molar refractivity (Wildman–Crippen MR) is 74.7 cm³/mol. The van der Waals surface area contributed by atoms with Crippen LogP contribution < -0.4 is 10.6 Å². The van der Waals surface area contributed by atoms with Gasteiger partial charge in [-0.05, 0) is 47.4 Å². The predicted octanol–water partition coefficient (Wildman–Crippen LogP) is 2.35. The van der Waals surface area contributed by atoms with E-state index in [4.69, 9.17) is 0 Å². The summed E-state index contributed by atoms with van der Waals surface area (Å²) in [4.78, 5) is 12.0. The highest BCUT2D eigenvalue weighted by Gasteiger charge is 2.17. The van der Waals surface area contributed by atoms with Gasteiger partial charge in [-0.3, -0.25) is 4.79 Å². The number of benzene rings is 1. The van der Waals surface area contributed by atoms with Crippen molar-refractivity contribution in [1.82, 2.24) is 10.6 Å². The van der Waals surface area contributed by atoms with Gasteiger partial charge in [0, 0.05) is 17.1 Å². The van der Waals surface area contributed by atoms with Crippen LogP contribution in [-0.4, -0.2) is 25.0 Å². The number of amides is 1. The maximum Gasteiger partial charge on any atom is 0.252 e. The first-order valence-electron chi connectivity index (χ1n) is 5.53. The minimum Gasteiger partial charge on any atom is -0.348 e. The van der Waals surface area contributed by atoms with Gasteiger partial charge in [-0.2, -0.15) is 0 Å². The molecule has 1 heterocycles. The number of hydrogen-bond donors (Lipinski definition) is 2. The molecule has 1 aromatic carbocycles. The van der Waals surface area contributed by atoms with Crippen molar-refractivity contribution < 1.29 is 4.79 Å². The molecular weight excluding hydrogens is 304 g/mol. The highest BCUT2D eigenvalue weighted by molar-refractivity contribution is 9.10. The second kappa shape index (κ2) is 6.99. The summed E-state index contributed by atoms with van der Waals surface area (Å²) in [6.45, 7) is 1.93. The van der Waals surface area contributed by atoms with Crippen LogP contribution in [0.25, 0.3) is 0 Å². The van der Waals surface area contributed by atoms with Gasteiger partial charge >= 0.3 is 0 Å². The van der Waals surface area contributed by atoms with Gasteiger partial charge in [0.15, 0.2) is 0 Å². The van der Waals surface area contributed by atoms with Gasteiger partial charge in [0.05, 0.1) is 5.56 Å². The number of carbonyl (C=O) groups is 1. The number of nitrogens with one attached hydrogen (secondary N) is 2. The van der Waals surface area contributed by atoms with Crippen LogP contribution in [-0.2, 0) is 0 Å². The Balaban J connectivity index is 0.00000144. The van der Waals surface area contributed by atoms with Crippen molar-refractivity contribution in [3.8, 4) is 0 Å². The summed E-state index contributed by atoms with van der Waals surface area (Å²) in [5, 5.41) is 6.32. The third kappa shape index (κ3) is 3.98. The van der Waals surface area contributed by atoms with Crippen LogP contribution in [0.2, 0.25) is 0 Å². The van der Waals surface area contributed by atoms with Crippen LogP contribution >= 0.6 is 28.3 Å². The highest BCUT2D eigenvalue weighted by atomic mass is 79.9. The molecule has 1 amide bonds. The van der Waals surface area contributed by atoms with E-state index in [1.807, 2.05) is 24.3 Å². The molecule has 0 radical (unpaired) electrons. The number of hydrogen-bond acceptors (Lipinski definition) is 2. The Kier molecular flexibility index (Phi) is 5.95. The van der Waals surface area contributed by atoms with Crippen LogP contribution in [0.4, 0.5) is 0 Å². The third-order valence-corrected chi connectivity index (χ3v) is 3.44. The Hall–Kier alpha value is -0.580. The Morgan fingerprint density at radius 2 is 2.18 bits per heavy atom. The molecule has 1 atom stereocenters. The summed E-state index contributed by atoms with van der Waals surface area (Å²) in [5.74, 6) is 0.00109. The fraction of sp³-hybridized carbons (Fsp3) is 0.417. The molecule has 0 aromatic heterocycles. The molecule has 0 unspecified atom stereocenters. The molecule has 94 valence electrons. The van der Waals surface area contributed by atoms with Gasteiger partial charge in [-0.15, -0.1) is 12.4 Å². The molecule has 1 fully saturated rings. The summed E-state index contributed by atoms with van der Waals surface area (Å²) in [6, 6.07) is 7.75. The number of rotatable bonds is 2. The van der Waals surface area contributed by atoms with Crippen molar-refractivity contribution in [3.05, 3.63) is 34.3 Å². The molecule has 2 N–H and O–H groups in total. The number of piperidine rings is 1. The van der Waals surface area contributed by atoms with Gasteiger partial charge in [0.1, 0.15) is 0 Å².